The van der Waals surface area contributed by atoms with Crippen LogP contribution in [0, 0.1) is 5.92 Å². The lowest BCUT2D eigenvalue weighted by Crippen LogP contribution is -2.36. The average molecular weight is 489 g/mol. The van der Waals surface area contributed by atoms with Crippen LogP contribution in [0.15, 0.2) is 47.8 Å². The molecule has 1 heterocycles. The highest BCUT2D eigenvalue weighted by Gasteiger charge is 2.31. The van der Waals surface area contributed by atoms with Crippen LogP contribution in [0.1, 0.15) is 52.0 Å². The summed E-state index contributed by atoms with van der Waals surface area (Å²) in [5.74, 6) is 0.777. The number of rotatable bonds is 10. The number of carbonyl (C=O) groups excluding carboxylic acids is 1. The van der Waals surface area contributed by atoms with E-state index in [1.54, 1.807) is 12.3 Å². The van der Waals surface area contributed by atoms with Gasteiger partial charge >= 0.3 is 5.97 Å². The van der Waals surface area contributed by atoms with Crippen molar-refractivity contribution in [1.82, 2.24) is 10.3 Å². The average Bonchev–Trinajstić information content (AvgIpc) is 3.27. The third kappa shape index (κ3) is 7.08. The van der Waals surface area contributed by atoms with Crippen LogP contribution in [-0.2, 0) is 14.4 Å². The van der Waals surface area contributed by atoms with Gasteiger partial charge in [0.05, 0.1) is 18.6 Å². The number of hydrogen-bond acceptors (Lipinski definition) is 7. The van der Waals surface area contributed by atoms with Crippen LogP contribution in [0.3, 0.4) is 0 Å². The monoisotopic (exact) mass is 488 g/mol. The van der Waals surface area contributed by atoms with E-state index in [1.807, 2.05) is 32.9 Å². The fourth-order valence-electron chi connectivity index (χ4n) is 3.94. The van der Waals surface area contributed by atoms with Gasteiger partial charge in [-0.1, -0.05) is 41.6 Å². The molecule has 3 N–H and O–H groups in total. The summed E-state index contributed by atoms with van der Waals surface area (Å²) in [4.78, 5) is 21.5. The molecule has 1 saturated carbocycles. The molecular formula is C25H33ClN4O4. The molecule has 0 radical (unpaired) electrons. The minimum atomic E-state index is -0.0865. The number of ether oxygens (including phenoxy) is 2. The summed E-state index contributed by atoms with van der Waals surface area (Å²) in [6.07, 6.45) is 10.9. The number of amidine groups is 1. The van der Waals surface area contributed by atoms with Crippen molar-refractivity contribution in [2.45, 2.75) is 64.6 Å². The Balaban J connectivity index is 1.49. The largest absolute Gasteiger partial charge is 0.474 e. The van der Waals surface area contributed by atoms with Crippen molar-refractivity contribution in [2.24, 2.45) is 16.8 Å². The molecule has 34 heavy (non-hydrogen) atoms. The maximum atomic E-state index is 11.9. The van der Waals surface area contributed by atoms with Crippen LogP contribution in [0.25, 0.3) is 5.76 Å². The highest BCUT2D eigenvalue weighted by atomic mass is 35.5. The maximum absolute atomic E-state index is 11.9. The van der Waals surface area contributed by atoms with Crippen molar-refractivity contribution >= 4 is 29.2 Å². The van der Waals surface area contributed by atoms with E-state index in [4.69, 9.17) is 31.6 Å². The van der Waals surface area contributed by atoms with Gasteiger partial charge in [0.2, 0.25) is 5.88 Å². The number of nitrogens with one attached hydrogen (secondary N) is 1. The Hall–Kier alpha value is -2.84. The lowest BCUT2D eigenvalue weighted by molar-refractivity contribution is -0.147. The number of aromatic nitrogens is 1. The third-order valence-electron chi connectivity index (χ3n) is 5.63. The zero-order valence-electron chi connectivity index (χ0n) is 19.9. The Labute approximate surface area is 205 Å². The van der Waals surface area contributed by atoms with Crippen molar-refractivity contribution in [3.8, 4) is 5.88 Å². The summed E-state index contributed by atoms with van der Waals surface area (Å²) in [7, 11) is 0. The summed E-state index contributed by atoms with van der Waals surface area (Å²) < 4.78 is 10.7. The first-order valence-electron chi connectivity index (χ1n) is 11.6. The van der Waals surface area contributed by atoms with Crippen LogP contribution >= 0.6 is 11.6 Å². The summed E-state index contributed by atoms with van der Waals surface area (Å²) in [6.45, 7) is 9.93. The van der Waals surface area contributed by atoms with Crippen LogP contribution in [0.2, 0.25) is 5.02 Å². The smallest absolute Gasteiger partial charge is 0.308 e. The molecule has 1 aromatic rings. The summed E-state index contributed by atoms with van der Waals surface area (Å²) >= 11 is 6.22. The number of carbonyl (C=O) groups is 1. The first kappa shape index (κ1) is 25.8. The SMILES string of the molecule is C=C(O/N=C(\N)C1=CCC(N[C@H]2CC[C@@H](C(=O)OCC)C2)C=C1)c1cnc(OC(C)C)c(Cl)c1. The number of hydrogen-bond donors (Lipinski definition) is 2. The Morgan fingerprint density at radius 3 is 2.85 bits per heavy atom. The van der Waals surface area contributed by atoms with E-state index < -0.39 is 0 Å². The summed E-state index contributed by atoms with van der Waals surface area (Å²) in [5.41, 5.74) is 7.46. The Bertz CT molecular complexity index is 989. The van der Waals surface area contributed by atoms with Crippen molar-refractivity contribution < 1.29 is 19.1 Å². The first-order chi connectivity index (χ1) is 16.3. The lowest BCUT2D eigenvalue weighted by Gasteiger charge is -2.22. The van der Waals surface area contributed by atoms with Crippen molar-refractivity contribution in [3.05, 3.63) is 53.2 Å². The first-order valence-corrected chi connectivity index (χ1v) is 12.0. The highest BCUT2D eigenvalue weighted by molar-refractivity contribution is 6.32. The van der Waals surface area contributed by atoms with Crippen LogP contribution < -0.4 is 15.8 Å². The normalized spacial score (nSPS) is 22.4. The predicted molar refractivity (Wildman–Crippen MR) is 133 cm³/mol. The second-order valence-corrected chi connectivity index (χ2v) is 9.06. The van der Waals surface area contributed by atoms with Gasteiger partial charge in [-0.15, -0.1) is 0 Å². The van der Waals surface area contributed by atoms with E-state index in [1.165, 1.54) is 0 Å². The van der Waals surface area contributed by atoms with Crippen molar-refractivity contribution in [3.63, 3.8) is 0 Å². The number of halogens is 1. The van der Waals surface area contributed by atoms with Gasteiger partial charge < -0.3 is 25.4 Å². The Kier molecular flexibility index (Phi) is 9.12. The molecule has 3 atom stereocenters. The molecule has 3 rings (SSSR count). The van der Waals surface area contributed by atoms with Gasteiger partial charge in [0, 0.05) is 29.4 Å². The predicted octanol–water partition coefficient (Wildman–Crippen LogP) is 4.36. The van der Waals surface area contributed by atoms with E-state index in [-0.39, 0.29) is 35.6 Å². The molecule has 1 fully saturated rings. The Morgan fingerprint density at radius 2 is 2.21 bits per heavy atom. The minimum Gasteiger partial charge on any atom is -0.474 e. The molecule has 184 valence electrons. The zero-order valence-corrected chi connectivity index (χ0v) is 20.7. The molecule has 8 nitrogen and oxygen atoms in total. The quantitative estimate of drug-likeness (QED) is 0.165. The van der Waals surface area contributed by atoms with E-state index in [2.05, 4.69) is 28.1 Å². The molecule has 0 aliphatic heterocycles. The van der Waals surface area contributed by atoms with Gasteiger partial charge in [-0.2, -0.15) is 0 Å². The fraction of sp³-hybridized carbons (Fsp3) is 0.480. The molecule has 2 aliphatic rings. The molecule has 0 bridgehead atoms. The minimum absolute atomic E-state index is 0.00633. The van der Waals surface area contributed by atoms with Crippen molar-refractivity contribution in [2.75, 3.05) is 6.61 Å². The molecule has 0 amide bonds. The molecule has 0 aromatic carbocycles. The molecule has 1 unspecified atom stereocenters. The van der Waals surface area contributed by atoms with Gasteiger partial charge in [0.25, 0.3) is 0 Å². The Morgan fingerprint density at radius 1 is 1.41 bits per heavy atom. The lowest BCUT2D eigenvalue weighted by atomic mass is 10.0. The summed E-state index contributed by atoms with van der Waals surface area (Å²) in [5, 5.41) is 7.97. The zero-order chi connectivity index (χ0) is 24.7. The second-order valence-electron chi connectivity index (χ2n) is 8.65. The molecule has 1 aromatic heterocycles. The molecule has 9 heteroatoms. The van der Waals surface area contributed by atoms with Gasteiger partial charge in [0.15, 0.2) is 11.6 Å². The third-order valence-corrected chi connectivity index (χ3v) is 5.90. The van der Waals surface area contributed by atoms with E-state index in [0.29, 0.717) is 29.1 Å². The fourth-order valence-corrected chi connectivity index (χ4v) is 4.15. The van der Waals surface area contributed by atoms with Crippen LogP contribution in [-0.4, -0.2) is 41.6 Å². The van der Waals surface area contributed by atoms with Crippen LogP contribution in [0.5, 0.6) is 5.88 Å². The molecule has 0 saturated heterocycles. The number of oxime groups is 1. The second kappa shape index (κ2) is 12.0. The number of nitrogens with zero attached hydrogens (tertiary/aromatic N) is 2. The number of nitrogens with two attached hydrogens (primary N) is 1. The van der Waals surface area contributed by atoms with Gasteiger partial charge in [-0.3, -0.25) is 4.79 Å². The topological polar surface area (TPSA) is 108 Å². The van der Waals surface area contributed by atoms with E-state index >= 15 is 0 Å². The summed E-state index contributed by atoms with van der Waals surface area (Å²) in [6, 6.07) is 2.14. The number of esters is 1. The highest BCUT2D eigenvalue weighted by Crippen LogP contribution is 2.28. The number of pyridine rings is 1. The van der Waals surface area contributed by atoms with E-state index in [0.717, 1.165) is 31.3 Å². The molecule has 0 spiro atoms. The van der Waals surface area contributed by atoms with Crippen LogP contribution in [0.4, 0.5) is 0 Å². The van der Waals surface area contributed by atoms with Gasteiger partial charge in [0.1, 0.15) is 5.02 Å². The molecular weight excluding hydrogens is 456 g/mol. The van der Waals surface area contributed by atoms with E-state index in [9.17, 15) is 4.79 Å². The standard InChI is InChI=1S/C25H33ClN4O4/c1-5-32-25(31)18-8-11-21(12-18)29-20-9-6-17(7-10-20)23(27)30-34-16(4)19-13-22(26)24(28-14-19)33-15(2)3/h6-7,9,13-15,18,20-21,29H,4-5,8,10-12H2,1-3H3,(H2,27,30)/t18-,20?,21+/m1/s1. The van der Waals surface area contributed by atoms with Gasteiger partial charge in [-0.05, 0) is 52.5 Å². The van der Waals surface area contributed by atoms with Gasteiger partial charge in [-0.25, -0.2) is 4.98 Å². The maximum Gasteiger partial charge on any atom is 0.308 e. The van der Waals surface area contributed by atoms with Crippen molar-refractivity contribution in [1.29, 1.82) is 0 Å². The molecule has 2 aliphatic carbocycles.